The minimum absolute atomic E-state index is 0.389. The van der Waals surface area contributed by atoms with Gasteiger partial charge in [0.05, 0.1) is 0 Å². The van der Waals surface area contributed by atoms with E-state index in [9.17, 15) is 0 Å². The van der Waals surface area contributed by atoms with Gasteiger partial charge in [0.2, 0.25) is 0 Å². The van der Waals surface area contributed by atoms with Gasteiger partial charge in [0.25, 0.3) is 0 Å². The average molecular weight is 512 g/mol. The van der Waals surface area contributed by atoms with Crippen LogP contribution in [0.2, 0.25) is 0 Å². The molecule has 0 nitrogen and oxygen atoms in total. The molecule has 0 unspecified atom stereocenters. The van der Waals surface area contributed by atoms with Crippen LogP contribution in [-0.2, 0) is 0 Å². The third-order valence-corrected chi connectivity index (χ3v) is 12.9. The van der Waals surface area contributed by atoms with Crippen molar-refractivity contribution >= 4 is 78.3 Å². The second-order valence-electron chi connectivity index (χ2n) is 7.46. The third-order valence-electron chi connectivity index (χ3n) is 5.65. The summed E-state index contributed by atoms with van der Waals surface area (Å²) in [7, 11) is 0. The molecule has 0 amide bonds. The van der Waals surface area contributed by atoms with Crippen molar-refractivity contribution in [2.75, 3.05) is 0 Å². The van der Waals surface area contributed by atoms with Gasteiger partial charge in [-0.15, -0.1) is 0 Å². The monoisotopic (exact) mass is 514 g/mol. The molecule has 0 radical (unpaired) electrons. The van der Waals surface area contributed by atoms with Crippen LogP contribution in [-0.4, -0.2) is 26.3 Å². The van der Waals surface area contributed by atoms with Gasteiger partial charge < -0.3 is 0 Å². The van der Waals surface area contributed by atoms with E-state index < -0.39 is 0 Å². The Kier molecular flexibility index (Phi) is 4.60. The zero-order valence-electron chi connectivity index (χ0n) is 16.2. The fraction of sp³-hybridized carbons (Fsp3) is 0. The molecule has 0 atom stereocenters. The van der Waals surface area contributed by atoms with Gasteiger partial charge in [-0.2, -0.15) is 0 Å². The van der Waals surface area contributed by atoms with E-state index in [-0.39, 0.29) is 0 Å². The predicted molar refractivity (Wildman–Crippen MR) is 134 cm³/mol. The molecule has 0 saturated heterocycles. The van der Waals surface area contributed by atoms with Gasteiger partial charge in [-0.3, -0.25) is 0 Å². The molecule has 0 saturated carbocycles. The zero-order chi connectivity index (χ0) is 19.9. The van der Waals surface area contributed by atoms with Crippen LogP contribution in [0.4, 0.5) is 0 Å². The second kappa shape index (κ2) is 7.58. The minimum atomic E-state index is 0.389. The van der Waals surface area contributed by atoms with E-state index >= 15 is 0 Å². The van der Waals surface area contributed by atoms with Crippen molar-refractivity contribution in [2.45, 2.75) is 0 Å². The van der Waals surface area contributed by atoms with E-state index in [1.165, 1.54) is 43.1 Å². The van der Waals surface area contributed by atoms with Crippen molar-refractivity contribution in [2.24, 2.45) is 0 Å². The molecule has 0 aromatic heterocycles. The fourth-order valence-corrected chi connectivity index (χ4v) is 12.6. The number of rotatable bonds is 3. The van der Waals surface area contributed by atoms with Crippen LogP contribution in [0.15, 0.2) is 109 Å². The molecule has 0 bridgehead atoms. The summed E-state index contributed by atoms with van der Waals surface area (Å²) in [6.07, 6.45) is 0. The molecule has 2 heteroatoms. The van der Waals surface area contributed by atoms with Crippen LogP contribution in [0.1, 0.15) is 0 Å². The molecular formula is C28H18Se2. The van der Waals surface area contributed by atoms with Gasteiger partial charge in [-0.05, 0) is 0 Å². The van der Waals surface area contributed by atoms with Crippen LogP contribution in [0.5, 0.6) is 0 Å². The average Bonchev–Trinajstić information content (AvgIpc) is 2.81. The van der Waals surface area contributed by atoms with Gasteiger partial charge in [0, 0.05) is 0 Å². The van der Waals surface area contributed by atoms with Crippen LogP contribution in [0, 0.1) is 0 Å². The van der Waals surface area contributed by atoms with Gasteiger partial charge in [0.15, 0.2) is 0 Å². The molecule has 6 aromatic carbocycles. The summed E-state index contributed by atoms with van der Waals surface area (Å²) in [5.74, 6) is 0. The molecule has 0 aliphatic heterocycles. The number of benzene rings is 6. The zero-order valence-corrected chi connectivity index (χ0v) is 19.6. The molecule has 6 aromatic rings. The molecular weight excluding hydrogens is 494 g/mol. The van der Waals surface area contributed by atoms with E-state index in [1.54, 1.807) is 8.92 Å². The first-order chi connectivity index (χ1) is 14.9. The standard InChI is InChI=1S/C28H18Se2/c1-5-13-23-19(9-1)17-20-10-2-6-14-24(20)27(23)29-30-28-25-15-7-3-11-21(25)18-22-12-4-8-16-26(22)28/h1-18H. The maximum absolute atomic E-state index is 2.34. The first kappa shape index (κ1) is 18.2. The third kappa shape index (κ3) is 3.05. The Bertz CT molecular complexity index is 1320. The summed E-state index contributed by atoms with van der Waals surface area (Å²) in [6, 6.07) is 40.2. The Morgan fingerprint density at radius 3 is 0.900 bits per heavy atom. The quantitative estimate of drug-likeness (QED) is 0.215. The Morgan fingerprint density at radius 2 is 0.600 bits per heavy atom. The van der Waals surface area contributed by atoms with Crippen LogP contribution >= 0.6 is 0 Å². The summed E-state index contributed by atoms with van der Waals surface area (Å²) in [5, 5.41) is 11.1. The van der Waals surface area contributed by atoms with Gasteiger partial charge in [-0.1, -0.05) is 0 Å². The topological polar surface area (TPSA) is 0 Å². The molecule has 0 heterocycles. The molecule has 6 rings (SSSR count). The van der Waals surface area contributed by atoms with Crippen molar-refractivity contribution in [3.63, 3.8) is 0 Å². The SMILES string of the molecule is c1ccc2c([Se][Se]c3c4ccccc4cc4ccccc34)c3ccccc3cc2c1. The van der Waals surface area contributed by atoms with E-state index in [0.717, 1.165) is 0 Å². The molecule has 0 spiro atoms. The van der Waals surface area contributed by atoms with Gasteiger partial charge in [0.1, 0.15) is 0 Å². The first-order valence-corrected chi connectivity index (χ1v) is 16.1. The summed E-state index contributed by atoms with van der Waals surface area (Å²) in [5.41, 5.74) is 0. The first-order valence-electron chi connectivity index (χ1n) is 10.0. The van der Waals surface area contributed by atoms with Crippen molar-refractivity contribution in [3.05, 3.63) is 109 Å². The van der Waals surface area contributed by atoms with E-state index in [0.29, 0.717) is 26.3 Å². The van der Waals surface area contributed by atoms with E-state index in [1.807, 2.05) is 0 Å². The van der Waals surface area contributed by atoms with Gasteiger partial charge >= 0.3 is 187 Å². The number of hydrogen-bond donors (Lipinski definition) is 0. The fourth-order valence-electron chi connectivity index (χ4n) is 4.21. The Balaban J connectivity index is 1.56. The summed E-state index contributed by atoms with van der Waals surface area (Å²) in [4.78, 5) is 0. The predicted octanol–water partition coefficient (Wildman–Crippen LogP) is 5.57. The van der Waals surface area contributed by atoms with Crippen molar-refractivity contribution < 1.29 is 0 Å². The molecule has 0 N–H and O–H groups in total. The molecule has 142 valence electrons. The van der Waals surface area contributed by atoms with Crippen LogP contribution < -0.4 is 8.92 Å². The summed E-state index contributed by atoms with van der Waals surface area (Å²) < 4.78 is 3.10. The van der Waals surface area contributed by atoms with Crippen LogP contribution in [0.3, 0.4) is 0 Å². The molecule has 30 heavy (non-hydrogen) atoms. The summed E-state index contributed by atoms with van der Waals surface area (Å²) in [6.45, 7) is 0. The Morgan fingerprint density at radius 1 is 0.333 bits per heavy atom. The summed E-state index contributed by atoms with van der Waals surface area (Å²) >= 11 is 0.778. The maximum atomic E-state index is 2.34. The van der Waals surface area contributed by atoms with Crippen molar-refractivity contribution in [1.82, 2.24) is 0 Å². The van der Waals surface area contributed by atoms with Gasteiger partial charge in [-0.25, -0.2) is 0 Å². The van der Waals surface area contributed by atoms with Crippen LogP contribution in [0.25, 0.3) is 43.1 Å². The molecule has 0 fully saturated rings. The number of hydrogen-bond acceptors (Lipinski definition) is 0. The van der Waals surface area contributed by atoms with E-state index in [4.69, 9.17) is 0 Å². The Labute approximate surface area is 186 Å². The number of fused-ring (bicyclic) bond motifs is 4. The van der Waals surface area contributed by atoms with Crippen molar-refractivity contribution in [1.29, 1.82) is 0 Å². The molecule has 0 aliphatic carbocycles. The normalized spacial score (nSPS) is 11.6. The molecule has 0 aliphatic rings. The van der Waals surface area contributed by atoms with E-state index in [2.05, 4.69) is 109 Å². The second-order valence-corrected chi connectivity index (χ2v) is 13.5. The van der Waals surface area contributed by atoms with Crippen molar-refractivity contribution in [3.8, 4) is 0 Å². The Hall–Kier alpha value is -2.60.